The van der Waals surface area contributed by atoms with Crippen LogP contribution in [0.25, 0.3) is 0 Å². The standard InChI is InChI=1S/C16H32N6S2/c1-13(19-21-15(23)17-3)11-9-7-5-6-8-10-12-14(2)20-22-16(24)18-4/h5-12H2,1-4H3,(H2,17,21,23)(H2,18,22,24)/b19-13-,20-14+. The molecule has 6 nitrogen and oxygen atoms in total. The van der Waals surface area contributed by atoms with Gasteiger partial charge in [-0.1, -0.05) is 25.7 Å². The van der Waals surface area contributed by atoms with Crippen LogP contribution in [0, 0.1) is 0 Å². The zero-order valence-electron chi connectivity index (χ0n) is 15.4. The highest BCUT2D eigenvalue weighted by Gasteiger charge is 1.97. The van der Waals surface area contributed by atoms with Gasteiger partial charge < -0.3 is 10.6 Å². The first-order chi connectivity index (χ1) is 11.5. The van der Waals surface area contributed by atoms with E-state index in [4.69, 9.17) is 24.4 Å². The molecule has 0 aliphatic carbocycles. The average Bonchev–Trinajstić information content (AvgIpc) is 2.59. The van der Waals surface area contributed by atoms with E-state index in [1.54, 1.807) is 14.1 Å². The molecule has 0 atom stereocenters. The van der Waals surface area contributed by atoms with Gasteiger partial charge in [-0.25, -0.2) is 0 Å². The summed E-state index contributed by atoms with van der Waals surface area (Å²) in [4.78, 5) is 0. The zero-order chi connectivity index (χ0) is 18.2. The first-order valence-corrected chi connectivity index (χ1v) is 9.33. The van der Waals surface area contributed by atoms with E-state index in [0.29, 0.717) is 10.2 Å². The van der Waals surface area contributed by atoms with Gasteiger partial charge in [0.25, 0.3) is 0 Å². The Balaban J connectivity index is 3.54. The van der Waals surface area contributed by atoms with Crippen LogP contribution in [0.3, 0.4) is 0 Å². The summed E-state index contributed by atoms with van der Waals surface area (Å²) in [5, 5.41) is 15.2. The minimum Gasteiger partial charge on any atom is -0.364 e. The molecule has 8 heteroatoms. The lowest BCUT2D eigenvalue weighted by atomic mass is 10.1. The smallest absolute Gasteiger partial charge is 0.186 e. The van der Waals surface area contributed by atoms with Crippen LogP contribution in [0.1, 0.15) is 65.2 Å². The van der Waals surface area contributed by atoms with Crippen molar-refractivity contribution < 1.29 is 0 Å². The van der Waals surface area contributed by atoms with Crippen molar-refractivity contribution in [1.82, 2.24) is 21.5 Å². The number of unbranched alkanes of at least 4 members (excludes halogenated alkanes) is 5. The molecule has 0 unspecified atom stereocenters. The van der Waals surface area contributed by atoms with Crippen LogP contribution in [0.2, 0.25) is 0 Å². The monoisotopic (exact) mass is 372 g/mol. The molecule has 0 aromatic heterocycles. The number of hydrogen-bond donors (Lipinski definition) is 4. The average molecular weight is 373 g/mol. The lowest BCUT2D eigenvalue weighted by molar-refractivity contribution is 0.606. The predicted octanol–water partition coefficient (Wildman–Crippen LogP) is 3.05. The quantitative estimate of drug-likeness (QED) is 0.193. The molecule has 0 radical (unpaired) electrons. The first-order valence-electron chi connectivity index (χ1n) is 8.51. The van der Waals surface area contributed by atoms with Crippen molar-refractivity contribution in [1.29, 1.82) is 0 Å². The van der Waals surface area contributed by atoms with Gasteiger partial charge in [-0.3, -0.25) is 10.9 Å². The van der Waals surface area contributed by atoms with E-state index in [9.17, 15) is 0 Å². The third kappa shape index (κ3) is 14.3. The summed E-state index contributed by atoms with van der Waals surface area (Å²) < 4.78 is 0. The van der Waals surface area contributed by atoms with Gasteiger partial charge >= 0.3 is 0 Å². The summed E-state index contributed by atoms with van der Waals surface area (Å²) in [6, 6.07) is 0. The van der Waals surface area contributed by atoms with E-state index >= 15 is 0 Å². The van der Waals surface area contributed by atoms with Crippen molar-refractivity contribution in [2.24, 2.45) is 10.2 Å². The van der Waals surface area contributed by atoms with Crippen LogP contribution < -0.4 is 21.5 Å². The number of hydrogen-bond acceptors (Lipinski definition) is 4. The van der Waals surface area contributed by atoms with Crippen LogP contribution in [0.4, 0.5) is 0 Å². The molecule has 24 heavy (non-hydrogen) atoms. The van der Waals surface area contributed by atoms with E-state index in [1.807, 2.05) is 13.8 Å². The summed E-state index contributed by atoms with van der Waals surface area (Å²) in [6.45, 7) is 4.06. The molecule has 0 rings (SSSR count). The molecule has 0 amide bonds. The molecular weight excluding hydrogens is 340 g/mol. The van der Waals surface area contributed by atoms with Gasteiger partial charge in [0.2, 0.25) is 0 Å². The highest BCUT2D eigenvalue weighted by molar-refractivity contribution is 7.80. The molecule has 0 aromatic rings. The number of hydrazone groups is 2. The normalized spacial score (nSPS) is 11.8. The van der Waals surface area contributed by atoms with Crippen LogP contribution in [0.5, 0.6) is 0 Å². The lowest BCUT2D eigenvalue weighted by Gasteiger charge is -2.05. The highest BCUT2D eigenvalue weighted by Crippen LogP contribution is 2.09. The van der Waals surface area contributed by atoms with Crippen LogP contribution in [-0.2, 0) is 0 Å². The van der Waals surface area contributed by atoms with E-state index < -0.39 is 0 Å². The maximum Gasteiger partial charge on any atom is 0.186 e. The van der Waals surface area contributed by atoms with E-state index in [0.717, 1.165) is 24.3 Å². The fourth-order valence-corrected chi connectivity index (χ4v) is 2.08. The lowest BCUT2D eigenvalue weighted by Crippen LogP contribution is -2.29. The van der Waals surface area contributed by atoms with Crippen molar-refractivity contribution in [3.8, 4) is 0 Å². The van der Waals surface area contributed by atoms with E-state index in [2.05, 4.69) is 31.7 Å². The van der Waals surface area contributed by atoms with Crippen molar-refractivity contribution in [3.63, 3.8) is 0 Å². The minimum absolute atomic E-state index is 0.552. The second kappa shape index (κ2) is 15.3. The van der Waals surface area contributed by atoms with Gasteiger partial charge in [0.1, 0.15) is 0 Å². The van der Waals surface area contributed by atoms with Gasteiger partial charge in [-0.15, -0.1) is 0 Å². The molecule has 0 spiro atoms. The molecule has 0 heterocycles. The molecule has 0 saturated carbocycles. The second-order valence-corrected chi connectivity index (χ2v) is 6.51. The summed E-state index contributed by atoms with van der Waals surface area (Å²) in [5.74, 6) is 0. The summed E-state index contributed by atoms with van der Waals surface area (Å²) in [6.07, 6.45) is 9.42. The fraction of sp³-hybridized carbons (Fsp3) is 0.750. The third-order valence-corrected chi connectivity index (χ3v) is 4.07. The van der Waals surface area contributed by atoms with Crippen molar-refractivity contribution in [2.75, 3.05) is 14.1 Å². The van der Waals surface area contributed by atoms with E-state index in [1.165, 1.54) is 38.5 Å². The maximum atomic E-state index is 4.97. The zero-order valence-corrected chi connectivity index (χ0v) is 17.0. The summed E-state index contributed by atoms with van der Waals surface area (Å²) >= 11 is 9.94. The predicted molar refractivity (Wildman–Crippen MR) is 113 cm³/mol. The molecule has 0 aromatic carbocycles. The van der Waals surface area contributed by atoms with Crippen molar-refractivity contribution >= 4 is 46.1 Å². The summed E-state index contributed by atoms with van der Waals surface area (Å²) in [5.41, 5.74) is 7.80. The van der Waals surface area contributed by atoms with Crippen LogP contribution in [-0.4, -0.2) is 35.7 Å². The fourth-order valence-electron chi connectivity index (χ4n) is 1.98. The highest BCUT2D eigenvalue weighted by atomic mass is 32.1. The van der Waals surface area contributed by atoms with Crippen molar-refractivity contribution in [3.05, 3.63) is 0 Å². The Bertz CT molecular complexity index is 394. The molecule has 0 bridgehead atoms. The van der Waals surface area contributed by atoms with Gasteiger partial charge in [-0.2, -0.15) is 10.2 Å². The molecule has 138 valence electrons. The number of rotatable bonds is 11. The molecule has 0 aliphatic heterocycles. The second-order valence-electron chi connectivity index (χ2n) is 5.70. The Morgan fingerprint density at radius 2 is 1.00 bits per heavy atom. The molecule has 0 aliphatic rings. The Kier molecular flexibility index (Phi) is 14.4. The van der Waals surface area contributed by atoms with Gasteiger partial charge in [0.05, 0.1) is 0 Å². The number of nitrogens with zero attached hydrogens (tertiary/aromatic N) is 2. The Hall–Kier alpha value is -1.28. The topological polar surface area (TPSA) is 72.8 Å². The Labute approximate surface area is 157 Å². The Morgan fingerprint density at radius 1 is 0.667 bits per heavy atom. The van der Waals surface area contributed by atoms with Gasteiger partial charge in [0.15, 0.2) is 10.2 Å². The van der Waals surface area contributed by atoms with Crippen LogP contribution >= 0.6 is 24.4 Å². The minimum atomic E-state index is 0.552. The van der Waals surface area contributed by atoms with Crippen molar-refractivity contribution in [2.45, 2.75) is 65.2 Å². The molecule has 0 fully saturated rings. The Morgan fingerprint density at radius 3 is 1.33 bits per heavy atom. The third-order valence-electron chi connectivity index (χ3n) is 3.48. The van der Waals surface area contributed by atoms with Crippen LogP contribution in [0.15, 0.2) is 10.2 Å². The molecule has 4 N–H and O–H groups in total. The largest absolute Gasteiger partial charge is 0.364 e. The number of nitrogens with one attached hydrogen (secondary N) is 4. The number of thiocarbonyl (C=S) groups is 2. The first kappa shape index (κ1) is 22.7. The van der Waals surface area contributed by atoms with Gasteiger partial charge in [0, 0.05) is 25.5 Å². The van der Waals surface area contributed by atoms with E-state index in [-0.39, 0.29) is 0 Å². The maximum absolute atomic E-state index is 4.97. The SMILES string of the molecule is CNC(=S)N/N=C(/C)CCCCCCCC/C(C)=N/NC(=S)NC. The molecular formula is C16H32N6S2. The van der Waals surface area contributed by atoms with Gasteiger partial charge in [-0.05, 0) is 64.0 Å². The molecule has 0 saturated heterocycles. The summed E-state index contributed by atoms with van der Waals surface area (Å²) in [7, 11) is 3.56.